The van der Waals surface area contributed by atoms with E-state index in [9.17, 15) is 4.79 Å². The molecule has 0 spiro atoms. The largest absolute Gasteiger partial charge is 0.465 e. The summed E-state index contributed by atoms with van der Waals surface area (Å²) in [5.41, 5.74) is 0. The Morgan fingerprint density at radius 2 is 2.46 bits per heavy atom. The minimum atomic E-state index is -0.789. The number of piperidine rings is 1. The number of amides is 1. The van der Waals surface area contributed by atoms with Crippen LogP contribution in [-0.4, -0.2) is 41.8 Å². The average molecular weight is 186 g/mol. The first-order chi connectivity index (χ1) is 6.24. The molecule has 13 heavy (non-hydrogen) atoms. The van der Waals surface area contributed by atoms with Gasteiger partial charge in [-0.05, 0) is 25.8 Å². The van der Waals surface area contributed by atoms with Crippen molar-refractivity contribution in [3.63, 3.8) is 0 Å². The molecular formula is C9H18N2O2. The van der Waals surface area contributed by atoms with Crippen molar-refractivity contribution in [1.29, 1.82) is 0 Å². The Bertz CT molecular complexity index is 173. The Morgan fingerprint density at radius 1 is 1.69 bits per heavy atom. The number of hydrogen-bond acceptors (Lipinski definition) is 2. The summed E-state index contributed by atoms with van der Waals surface area (Å²) in [6.45, 7) is 4.44. The van der Waals surface area contributed by atoms with Crippen LogP contribution in [0.1, 0.15) is 26.2 Å². The van der Waals surface area contributed by atoms with E-state index in [0.717, 1.165) is 25.8 Å². The van der Waals surface area contributed by atoms with Crippen LogP contribution < -0.4 is 5.32 Å². The summed E-state index contributed by atoms with van der Waals surface area (Å²) in [5.74, 6) is 0. The van der Waals surface area contributed by atoms with Crippen molar-refractivity contribution in [3.8, 4) is 0 Å². The normalized spacial score (nSPS) is 23.2. The minimum Gasteiger partial charge on any atom is -0.465 e. The molecule has 0 aliphatic carbocycles. The second-order valence-electron chi connectivity index (χ2n) is 3.52. The fourth-order valence-electron chi connectivity index (χ4n) is 1.67. The fraction of sp³-hybridized carbons (Fsp3) is 0.889. The quantitative estimate of drug-likeness (QED) is 0.694. The molecule has 1 saturated heterocycles. The molecule has 0 saturated carbocycles. The van der Waals surface area contributed by atoms with Crippen LogP contribution in [0.3, 0.4) is 0 Å². The Kier molecular flexibility index (Phi) is 4.02. The van der Waals surface area contributed by atoms with Crippen molar-refractivity contribution in [2.75, 3.05) is 19.6 Å². The van der Waals surface area contributed by atoms with Gasteiger partial charge >= 0.3 is 6.09 Å². The predicted octanol–water partition coefficient (Wildman–Crippen LogP) is 1.13. The van der Waals surface area contributed by atoms with Gasteiger partial charge < -0.3 is 15.3 Å². The third kappa shape index (κ3) is 3.22. The van der Waals surface area contributed by atoms with E-state index >= 15 is 0 Å². The molecule has 1 rings (SSSR count). The van der Waals surface area contributed by atoms with Crippen LogP contribution in [0.5, 0.6) is 0 Å². The first kappa shape index (κ1) is 10.3. The molecule has 1 aliphatic heterocycles. The van der Waals surface area contributed by atoms with Crippen molar-refractivity contribution < 1.29 is 9.90 Å². The monoisotopic (exact) mass is 186 g/mol. The van der Waals surface area contributed by atoms with Crippen molar-refractivity contribution in [2.45, 2.75) is 32.2 Å². The second kappa shape index (κ2) is 5.07. The van der Waals surface area contributed by atoms with Gasteiger partial charge in [0.05, 0.1) is 0 Å². The first-order valence-corrected chi connectivity index (χ1v) is 4.95. The molecule has 1 aliphatic rings. The average Bonchev–Trinajstić information content (AvgIpc) is 2.15. The van der Waals surface area contributed by atoms with Gasteiger partial charge in [-0.2, -0.15) is 0 Å². The lowest BCUT2D eigenvalue weighted by molar-refractivity contribution is 0.126. The van der Waals surface area contributed by atoms with Crippen molar-refractivity contribution in [3.05, 3.63) is 0 Å². The zero-order valence-electron chi connectivity index (χ0n) is 8.12. The lowest BCUT2D eigenvalue weighted by Crippen LogP contribution is -2.47. The maximum absolute atomic E-state index is 10.7. The maximum Gasteiger partial charge on any atom is 0.407 e. The van der Waals surface area contributed by atoms with Crippen LogP contribution >= 0.6 is 0 Å². The highest BCUT2D eigenvalue weighted by Crippen LogP contribution is 2.09. The molecule has 1 atom stereocenters. The molecule has 0 aromatic heterocycles. The van der Waals surface area contributed by atoms with E-state index in [1.54, 1.807) is 0 Å². The highest BCUT2D eigenvalue weighted by Gasteiger charge is 2.21. The van der Waals surface area contributed by atoms with Crippen LogP contribution in [0.25, 0.3) is 0 Å². The van der Waals surface area contributed by atoms with E-state index in [1.165, 1.54) is 4.90 Å². The summed E-state index contributed by atoms with van der Waals surface area (Å²) in [4.78, 5) is 12.2. The molecule has 4 heteroatoms. The van der Waals surface area contributed by atoms with Gasteiger partial charge in [-0.3, -0.25) is 0 Å². The molecule has 1 heterocycles. The van der Waals surface area contributed by atoms with Crippen LogP contribution in [0.2, 0.25) is 0 Å². The lowest BCUT2D eigenvalue weighted by Gasteiger charge is -2.31. The molecule has 0 aromatic rings. The molecular weight excluding hydrogens is 168 g/mol. The molecule has 2 N–H and O–H groups in total. The Balaban J connectivity index is 2.29. The number of nitrogens with one attached hydrogen (secondary N) is 1. The number of hydrogen-bond donors (Lipinski definition) is 2. The number of nitrogens with zero attached hydrogens (tertiary/aromatic N) is 1. The predicted molar refractivity (Wildman–Crippen MR) is 50.9 cm³/mol. The van der Waals surface area contributed by atoms with Crippen LogP contribution in [-0.2, 0) is 0 Å². The third-order valence-corrected chi connectivity index (χ3v) is 2.37. The molecule has 1 fully saturated rings. The van der Waals surface area contributed by atoms with E-state index in [1.807, 2.05) is 0 Å². The molecule has 0 aromatic carbocycles. The van der Waals surface area contributed by atoms with Crippen molar-refractivity contribution >= 4 is 6.09 Å². The second-order valence-corrected chi connectivity index (χ2v) is 3.52. The summed E-state index contributed by atoms with van der Waals surface area (Å²) in [6, 6.07) is 0.366. The van der Waals surface area contributed by atoms with Gasteiger partial charge in [-0.25, -0.2) is 4.79 Å². The van der Waals surface area contributed by atoms with Gasteiger partial charge in [0.25, 0.3) is 0 Å². The summed E-state index contributed by atoms with van der Waals surface area (Å²) in [6.07, 6.45) is 2.39. The Morgan fingerprint density at radius 3 is 3.08 bits per heavy atom. The smallest absolute Gasteiger partial charge is 0.407 e. The van der Waals surface area contributed by atoms with Crippen LogP contribution in [0.4, 0.5) is 4.79 Å². The van der Waals surface area contributed by atoms with Gasteiger partial charge in [0.15, 0.2) is 0 Å². The molecule has 1 unspecified atom stereocenters. The number of likely N-dealkylation sites (tertiary alicyclic amines) is 1. The highest BCUT2D eigenvalue weighted by molar-refractivity contribution is 5.65. The first-order valence-electron chi connectivity index (χ1n) is 4.95. The number of carboxylic acid groups (broad SMARTS) is 1. The van der Waals surface area contributed by atoms with Crippen LogP contribution in [0.15, 0.2) is 0 Å². The summed E-state index contributed by atoms with van der Waals surface area (Å²) in [7, 11) is 0. The van der Waals surface area contributed by atoms with E-state index in [-0.39, 0.29) is 0 Å². The maximum atomic E-state index is 10.7. The SMILES string of the molecule is CCCNC1CCCN(C(=O)O)C1. The van der Waals surface area contributed by atoms with E-state index in [0.29, 0.717) is 19.1 Å². The van der Waals surface area contributed by atoms with Gasteiger partial charge in [0, 0.05) is 19.1 Å². The molecule has 76 valence electrons. The van der Waals surface area contributed by atoms with Gasteiger partial charge in [-0.1, -0.05) is 6.92 Å². The van der Waals surface area contributed by atoms with E-state index < -0.39 is 6.09 Å². The molecule has 1 amide bonds. The van der Waals surface area contributed by atoms with E-state index in [4.69, 9.17) is 5.11 Å². The van der Waals surface area contributed by atoms with Crippen LogP contribution in [0, 0.1) is 0 Å². The zero-order chi connectivity index (χ0) is 9.68. The lowest BCUT2D eigenvalue weighted by atomic mass is 10.1. The summed E-state index contributed by atoms with van der Waals surface area (Å²) < 4.78 is 0. The number of rotatable bonds is 3. The summed E-state index contributed by atoms with van der Waals surface area (Å²) in [5, 5.41) is 12.1. The Hall–Kier alpha value is -0.770. The van der Waals surface area contributed by atoms with Gasteiger partial charge in [0.1, 0.15) is 0 Å². The van der Waals surface area contributed by atoms with Gasteiger partial charge in [0.2, 0.25) is 0 Å². The number of carbonyl (C=O) groups is 1. The van der Waals surface area contributed by atoms with E-state index in [2.05, 4.69) is 12.2 Å². The molecule has 0 bridgehead atoms. The van der Waals surface area contributed by atoms with Crippen molar-refractivity contribution in [2.24, 2.45) is 0 Å². The highest BCUT2D eigenvalue weighted by atomic mass is 16.4. The van der Waals surface area contributed by atoms with Gasteiger partial charge in [-0.15, -0.1) is 0 Å². The Labute approximate surface area is 78.9 Å². The minimum absolute atomic E-state index is 0.366. The third-order valence-electron chi connectivity index (χ3n) is 2.37. The standard InChI is InChI=1S/C9H18N2O2/c1-2-5-10-8-4-3-6-11(7-8)9(12)13/h8,10H,2-7H2,1H3,(H,12,13). The van der Waals surface area contributed by atoms with Crippen molar-refractivity contribution in [1.82, 2.24) is 10.2 Å². The molecule has 4 nitrogen and oxygen atoms in total. The fourth-order valence-corrected chi connectivity index (χ4v) is 1.67. The topological polar surface area (TPSA) is 52.6 Å². The summed E-state index contributed by atoms with van der Waals surface area (Å²) >= 11 is 0. The molecule has 0 radical (unpaired) electrons. The zero-order valence-corrected chi connectivity index (χ0v) is 8.12.